The van der Waals surface area contributed by atoms with Crippen molar-refractivity contribution in [1.29, 1.82) is 0 Å². The highest BCUT2D eigenvalue weighted by Gasteiger charge is 2.29. The molecule has 0 saturated carbocycles. The molecule has 3 nitrogen and oxygen atoms in total. The van der Waals surface area contributed by atoms with E-state index in [1.807, 2.05) is 25.6 Å². The van der Waals surface area contributed by atoms with E-state index >= 15 is 0 Å². The van der Waals surface area contributed by atoms with Gasteiger partial charge in [-0.15, -0.1) is 37.0 Å². The summed E-state index contributed by atoms with van der Waals surface area (Å²) in [6.45, 7) is 8.39. The molecule has 0 aromatic carbocycles. The summed E-state index contributed by atoms with van der Waals surface area (Å²) in [7, 11) is -0.696. The molecule has 22 heavy (non-hydrogen) atoms. The molecule has 0 aromatic rings. The Labute approximate surface area is 153 Å². The molecular weight excluding hydrogens is 335 g/mol. The Balaban J connectivity index is 4.25. The molecule has 0 aliphatic heterocycles. The SMILES string of the molecule is CCCCCCSC(CC)OB(OC(S)CC)OC(S)CC. The zero-order chi connectivity index (χ0) is 16.8. The molecule has 0 saturated heterocycles. The molecule has 0 heterocycles. The van der Waals surface area contributed by atoms with Crippen molar-refractivity contribution < 1.29 is 14.0 Å². The van der Waals surface area contributed by atoms with E-state index in [4.69, 9.17) is 14.0 Å². The fourth-order valence-electron chi connectivity index (χ4n) is 1.67. The van der Waals surface area contributed by atoms with E-state index in [1.54, 1.807) is 0 Å². The van der Waals surface area contributed by atoms with E-state index in [9.17, 15) is 0 Å². The average molecular weight is 368 g/mol. The molecular formula is C15H33BO3S3. The first-order chi connectivity index (χ1) is 10.6. The minimum absolute atomic E-state index is 0.0846. The highest BCUT2D eigenvalue weighted by atomic mass is 32.2. The molecule has 0 rings (SSSR count). The van der Waals surface area contributed by atoms with Gasteiger partial charge in [-0.25, -0.2) is 0 Å². The zero-order valence-electron chi connectivity index (χ0n) is 14.5. The summed E-state index contributed by atoms with van der Waals surface area (Å²) in [5, 5.41) is 0. The van der Waals surface area contributed by atoms with Crippen molar-refractivity contribution in [3.63, 3.8) is 0 Å². The van der Waals surface area contributed by atoms with Crippen LogP contribution < -0.4 is 0 Å². The Bertz CT molecular complexity index is 238. The summed E-state index contributed by atoms with van der Waals surface area (Å²) in [6.07, 6.45) is 7.63. The van der Waals surface area contributed by atoms with Crippen LogP contribution in [0.5, 0.6) is 0 Å². The van der Waals surface area contributed by atoms with Crippen molar-refractivity contribution in [2.45, 2.75) is 88.9 Å². The molecule has 0 aromatic heterocycles. The Hall–Kier alpha value is 0.995. The van der Waals surface area contributed by atoms with Gasteiger partial charge in [-0.3, -0.25) is 0 Å². The van der Waals surface area contributed by atoms with Gasteiger partial charge >= 0.3 is 7.32 Å². The molecule has 0 aliphatic rings. The summed E-state index contributed by atoms with van der Waals surface area (Å²) < 4.78 is 17.4. The van der Waals surface area contributed by atoms with E-state index in [2.05, 4.69) is 39.1 Å². The Kier molecular flexibility index (Phi) is 16.2. The first kappa shape index (κ1) is 23.0. The number of rotatable bonds is 15. The standard InChI is InChI=1S/C15H33BO3S3/c1-5-9-10-11-12-22-15(8-4)19-16(17-13(20)6-2)18-14(21)7-3/h13-15,20-21H,5-12H2,1-4H3. The van der Waals surface area contributed by atoms with Gasteiger partial charge in [0.25, 0.3) is 0 Å². The second-order valence-corrected chi connectivity index (χ2v) is 7.61. The van der Waals surface area contributed by atoms with Crippen molar-refractivity contribution in [2.75, 3.05) is 5.75 Å². The lowest BCUT2D eigenvalue weighted by molar-refractivity contribution is 0.0676. The third-order valence-corrected chi connectivity index (χ3v) is 5.45. The second kappa shape index (κ2) is 15.5. The van der Waals surface area contributed by atoms with Gasteiger partial charge in [0.15, 0.2) is 0 Å². The van der Waals surface area contributed by atoms with Gasteiger partial charge in [-0.2, -0.15) is 0 Å². The summed E-state index contributed by atoms with van der Waals surface area (Å²) in [5.41, 5.74) is -0.287. The molecule has 0 N–H and O–H groups in total. The summed E-state index contributed by atoms with van der Waals surface area (Å²) in [6, 6.07) is 0. The fourth-order valence-corrected chi connectivity index (χ4v) is 2.90. The molecule has 0 radical (unpaired) electrons. The van der Waals surface area contributed by atoms with E-state index < -0.39 is 7.32 Å². The number of hydrogen-bond donors (Lipinski definition) is 2. The largest absolute Gasteiger partial charge is 0.641 e. The van der Waals surface area contributed by atoms with Crippen LogP contribution in [-0.4, -0.2) is 29.4 Å². The fraction of sp³-hybridized carbons (Fsp3) is 1.00. The lowest BCUT2D eigenvalue weighted by Crippen LogP contribution is -2.35. The Morgan fingerprint density at radius 3 is 1.86 bits per heavy atom. The number of unbranched alkanes of at least 4 members (excludes halogenated alkanes) is 3. The van der Waals surface area contributed by atoms with Gasteiger partial charge in [-0.1, -0.05) is 47.0 Å². The van der Waals surface area contributed by atoms with Crippen molar-refractivity contribution in [1.82, 2.24) is 0 Å². The van der Waals surface area contributed by atoms with Crippen molar-refractivity contribution in [2.24, 2.45) is 0 Å². The molecule has 0 bridgehead atoms. The van der Waals surface area contributed by atoms with Crippen LogP contribution in [0.2, 0.25) is 0 Å². The number of thioether (sulfide) groups is 1. The molecule has 3 atom stereocenters. The van der Waals surface area contributed by atoms with Gasteiger partial charge in [0.2, 0.25) is 0 Å². The molecule has 7 heteroatoms. The minimum Gasteiger partial charge on any atom is -0.374 e. The number of thiol groups is 2. The highest BCUT2D eigenvalue weighted by molar-refractivity contribution is 7.99. The zero-order valence-corrected chi connectivity index (χ0v) is 17.1. The Morgan fingerprint density at radius 2 is 1.41 bits per heavy atom. The summed E-state index contributed by atoms with van der Waals surface area (Å²) in [4.78, 5) is 0. The van der Waals surface area contributed by atoms with Crippen molar-refractivity contribution in [3.05, 3.63) is 0 Å². The third-order valence-electron chi connectivity index (χ3n) is 3.13. The van der Waals surface area contributed by atoms with Crippen LogP contribution >= 0.6 is 37.0 Å². The van der Waals surface area contributed by atoms with Crippen LogP contribution in [0.4, 0.5) is 0 Å². The molecule has 132 valence electrons. The Morgan fingerprint density at radius 1 is 0.818 bits per heavy atom. The topological polar surface area (TPSA) is 27.7 Å². The molecule has 0 amide bonds. The summed E-state index contributed by atoms with van der Waals surface area (Å²) >= 11 is 10.6. The maximum absolute atomic E-state index is 5.97. The van der Waals surface area contributed by atoms with Crippen molar-refractivity contribution in [3.8, 4) is 0 Å². The van der Waals surface area contributed by atoms with Crippen LogP contribution in [0.1, 0.15) is 72.6 Å². The molecule has 0 fully saturated rings. The van der Waals surface area contributed by atoms with Crippen LogP contribution in [0, 0.1) is 0 Å². The van der Waals surface area contributed by atoms with E-state index in [0.29, 0.717) is 0 Å². The van der Waals surface area contributed by atoms with Gasteiger partial charge in [0, 0.05) is 0 Å². The van der Waals surface area contributed by atoms with Gasteiger partial charge in [-0.05, 0) is 31.4 Å². The van der Waals surface area contributed by atoms with Gasteiger partial charge in [0.1, 0.15) is 0 Å². The van der Waals surface area contributed by atoms with E-state index in [-0.39, 0.29) is 16.3 Å². The lowest BCUT2D eigenvalue weighted by atomic mass is 10.2. The predicted molar refractivity (Wildman–Crippen MR) is 106 cm³/mol. The first-order valence-electron chi connectivity index (χ1n) is 8.51. The summed E-state index contributed by atoms with van der Waals surface area (Å²) in [5.74, 6) is 1.11. The van der Waals surface area contributed by atoms with E-state index in [1.165, 1.54) is 25.7 Å². The lowest BCUT2D eigenvalue weighted by Gasteiger charge is -2.24. The maximum Gasteiger partial charge on any atom is 0.641 e. The van der Waals surface area contributed by atoms with Crippen LogP contribution in [-0.2, 0) is 14.0 Å². The highest BCUT2D eigenvalue weighted by Crippen LogP contribution is 2.22. The molecule has 0 aliphatic carbocycles. The number of hydrogen-bond acceptors (Lipinski definition) is 6. The third kappa shape index (κ3) is 12.4. The monoisotopic (exact) mass is 368 g/mol. The van der Waals surface area contributed by atoms with Gasteiger partial charge < -0.3 is 14.0 Å². The van der Waals surface area contributed by atoms with Gasteiger partial charge in [0.05, 0.1) is 16.3 Å². The normalized spacial score (nSPS) is 15.5. The smallest absolute Gasteiger partial charge is 0.374 e. The quantitative estimate of drug-likeness (QED) is 0.175. The van der Waals surface area contributed by atoms with E-state index in [0.717, 1.165) is 25.0 Å². The minimum atomic E-state index is -0.696. The first-order valence-corrected chi connectivity index (χ1v) is 10.6. The second-order valence-electron chi connectivity index (χ2n) is 5.19. The maximum atomic E-state index is 5.97. The van der Waals surface area contributed by atoms with Crippen LogP contribution in [0.25, 0.3) is 0 Å². The van der Waals surface area contributed by atoms with Crippen LogP contribution in [0.15, 0.2) is 0 Å². The van der Waals surface area contributed by atoms with Crippen LogP contribution in [0.3, 0.4) is 0 Å². The molecule has 0 spiro atoms. The molecule has 3 unspecified atom stereocenters. The average Bonchev–Trinajstić information content (AvgIpc) is 2.52. The van der Waals surface area contributed by atoms with Crippen molar-refractivity contribution >= 4 is 44.3 Å². The predicted octanol–water partition coefficient (Wildman–Crippen LogP) is 5.40.